The van der Waals surface area contributed by atoms with Crippen molar-refractivity contribution in [3.05, 3.63) is 30.1 Å². The molecule has 0 aliphatic heterocycles. The van der Waals surface area contributed by atoms with Crippen molar-refractivity contribution in [3.8, 4) is 0 Å². The quantitative estimate of drug-likeness (QED) is 0.655. The number of pyridine rings is 1. The number of rotatable bonds is 4. The molecule has 1 aromatic heterocycles. The molecule has 0 radical (unpaired) electrons. The van der Waals surface area contributed by atoms with Gasteiger partial charge in [0, 0.05) is 30.8 Å². The summed E-state index contributed by atoms with van der Waals surface area (Å²) >= 11 is 0. The molecule has 21 heavy (non-hydrogen) atoms. The molecule has 2 aliphatic rings. The molecule has 0 bridgehead atoms. The van der Waals surface area contributed by atoms with Crippen LogP contribution in [0.5, 0.6) is 0 Å². The summed E-state index contributed by atoms with van der Waals surface area (Å²) in [6.07, 6.45) is 9.73. The third-order valence-corrected chi connectivity index (χ3v) is 4.96. The van der Waals surface area contributed by atoms with E-state index in [0.29, 0.717) is 29.2 Å². The topological polar surface area (TPSA) is 74.6 Å². The van der Waals surface area contributed by atoms with E-state index >= 15 is 0 Å². The number of aromatic nitrogens is 1. The number of amides is 1. The van der Waals surface area contributed by atoms with E-state index in [1.165, 1.54) is 19.3 Å². The predicted octanol–water partition coefficient (Wildman–Crippen LogP) is 1.84. The Labute approximate surface area is 124 Å². The molecule has 2 fully saturated rings. The zero-order valence-corrected chi connectivity index (χ0v) is 12.0. The second kappa shape index (κ2) is 6.35. The summed E-state index contributed by atoms with van der Waals surface area (Å²) in [5.74, 6) is 1.84. The van der Waals surface area contributed by atoms with Gasteiger partial charge in [-0.15, -0.1) is 0 Å². The lowest BCUT2D eigenvalue weighted by molar-refractivity contribution is 0.0954. The van der Waals surface area contributed by atoms with Gasteiger partial charge < -0.3 is 5.11 Å². The van der Waals surface area contributed by atoms with Crippen molar-refractivity contribution in [2.24, 2.45) is 28.8 Å². The molecule has 1 aromatic rings. The number of fused-ring (bicyclic) bond motifs is 1. The predicted molar refractivity (Wildman–Crippen MR) is 79.7 cm³/mol. The number of hydrazone groups is 1. The van der Waals surface area contributed by atoms with E-state index in [1.807, 2.05) is 6.21 Å². The Hall–Kier alpha value is -1.75. The smallest absolute Gasteiger partial charge is 0.271 e. The Balaban J connectivity index is 1.58. The van der Waals surface area contributed by atoms with Gasteiger partial charge in [-0.1, -0.05) is 6.42 Å². The fourth-order valence-corrected chi connectivity index (χ4v) is 3.97. The van der Waals surface area contributed by atoms with Crippen LogP contribution in [-0.2, 0) is 0 Å². The third kappa shape index (κ3) is 2.97. The highest BCUT2D eigenvalue weighted by atomic mass is 16.3. The normalized spacial score (nSPS) is 31.5. The molecule has 0 saturated heterocycles. The van der Waals surface area contributed by atoms with Gasteiger partial charge in [0.15, 0.2) is 0 Å². The van der Waals surface area contributed by atoms with Crippen molar-refractivity contribution >= 4 is 12.1 Å². The average molecular weight is 287 g/mol. The fourth-order valence-electron chi connectivity index (χ4n) is 3.97. The molecule has 0 aromatic carbocycles. The maximum absolute atomic E-state index is 11.9. The first kappa shape index (κ1) is 14.2. The van der Waals surface area contributed by atoms with Crippen LogP contribution in [-0.4, -0.2) is 28.8 Å². The van der Waals surface area contributed by atoms with Gasteiger partial charge in [0.2, 0.25) is 0 Å². The summed E-state index contributed by atoms with van der Waals surface area (Å²) in [4.78, 5) is 15.8. The maximum atomic E-state index is 11.9. The van der Waals surface area contributed by atoms with Crippen LogP contribution in [0.2, 0.25) is 0 Å². The Morgan fingerprint density at radius 3 is 2.90 bits per heavy atom. The molecular formula is C16H21N3O2. The summed E-state index contributed by atoms with van der Waals surface area (Å²) in [7, 11) is 0. The monoisotopic (exact) mass is 287 g/mol. The van der Waals surface area contributed by atoms with Crippen LogP contribution in [0.15, 0.2) is 29.6 Å². The molecule has 5 heteroatoms. The number of nitrogens with one attached hydrogen (secondary N) is 1. The lowest BCUT2D eigenvalue weighted by Gasteiger charge is -2.15. The first-order valence-corrected chi connectivity index (χ1v) is 7.64. The number of aliphatic hydroxyl groups is 1. The van der Waals surface area contributed by atoms with E-state index in [-0.39, 0.29) is 12.5 Å². The Bertz CT molecular complexity index is 518. The van der Waals surface area contributed by atoms with Crippen LogP contribution >= 0.6 is 0 Å². The van der Waals surface area contributed by atoms with Crippen LogP contribution in [0.3, 0.4) is 0 Å². The maximum Gasteiger partial charge on any atom is 0.271 e. The van der Waals surface area contributed by atoms with Gasteiger partial charge in [-0.05, 0) is 55.1 Å². The zero-order chi connectivity index (χ0) is 14.7. The molecule has 1 unspecified atom stereocenters. The van der Waals surface area contributed by atoms with Crippen molar-refractivity contribution in [2.45, 2.75) is 25.7 Å². The summed E-state index contributed by atoms with van der Waals surface area (Å²) in [6, 6.07) is 3.32. The minimum atomic E-state index is -0.215. The van der Waals surface area contributed by atoms with Crippen LogP contribution in [0.25, 0.3) is 0 Å². The van der Waals surface area contributed by atoms with Crippen LogP contribution in [0, 0.1) is 23.7 Å². The second-order valence-electron chi connectivity index (χ2n) is 6.06. The number of carbonyl (C=O) groups excluding carboxylic acids is 1. The highest BCUT2D eigenvalue weighted by molar-refractivity contribution is 5.94. The summed E-state index contributed by atoms with van der Waals surface area (Å²) in [5, 5.41) is 13.6. The molecule has 1 heterocycles. The standard InChI is InChI=1S/C16H21N3O2/c20-10-13-8-12(14-2-1-3-15(13)14)9-18-19-16(21)11-4-6-17-7-5-11/h4-7,9,12-15,20H,1-3,8,10H2,(H,19,21)/b18-9+/t12-,13+,14+,15?/m0/s1. The lowest BCUT2D eigenvalue weighted by atomic mass is 9.91. The van der Waals surface area contributed by atoms with E-state index in [2.05, 4.69) is 15.5 Å². The molecule has 2 saturated carbocycles. The largest absolute Gasteiger partial charge is 0.396 e. The fraction of sp³-hybridized carbons (Fsp3) is 0.562. The van der Waals surface area contributed by atoms with E-state index in [9.17, 15) is 9.90 Å². The highest BCUT2D eigenvalue weighted by Gasteiger charge is 2.44. The van der Waals surface area contributed by atoms with Gasteiger partial charge in [-0.25, -0.2) is 5.43 Å². The van der Waals surface area contributed by atoms with E-state index < -0.39 is 0 Å². The molecule has 1 amide bonds. The Morgan fingerprint density at radius 1 is 1.38 bits per heavy atom. The molecule has 5 nitrogen and oxygen atoms in total. The van der Waals surface area contributed by atoms with E-state index in [0.717, 1.165) is 6.42 Å². The van der Waals surface area contributed by atoms with E-state index in [4.69, 9.17) is 0 Å². The van der Waals surface area contributed by atoms with Crippen molar-refractivity contribution in [1.29, 1.82) is 0 Å². The third-order valence-electron chi connectivity index (χ3n) is 4.96. The molecule has 4 atom stereocenters. The van der Waals surface area contributed by atoms with Crippen LogP contribution in [0.1, 0.15) is 36.0 Å². The van der Waals surface area contributed by atoms with Crippen molar-refractivity contribution in [3.63, 3.8) is 0 Å². The number of hydrogen-bond donors (Lipinski definition) is 2. The van der Waals surface area contributed by atoms with Gasteiger partial charge >= 0.3 is 0 Å². The molecule has 0 spiro atoms. The Kier molecular flexibility index (Phi) is 4.29. The van der Waals surface area contributed by atoms with Gasteiger partial charge in [-0.2, -0.15) is 5.10 Å². The van der Waals surface area contributed by atoms with Crippen LogP contribution in [0.4, 0.5) is 0 Å². The zero-order valence-electron chi connectivity index (χ0n) is 12.0. The first-order chi connectivity index (χ1) is 10.3. The number of carbonyl (C=O) groups is 1. The molecule has 2 aliphatic carbocycles. The molecule has 2 N–H and O–H groups in total. The summed E-state index contributed by atoms with van der Waals surface area (Å²) in [5.41, 5.74) is 3.13. The van der Waals surface area contributed by atoms with Gasteiger partial charge in [0.1, 0.15) is 0 Å². The molecular weight excluding hydrogens is 266 g/mol. The molecule has 3 rings (SSSR count). The van der Waals surface area contributed by atoms with Crippen molar-refractivity contribution in [2.75, 3.05) is 6.61 Å². The van der Waals surface area contributed by atoms with Crippen molar-refractivity contribution in [1.82, 2.24) is 10.4 Å². The van der Waals surface area contributed by atoms with Gasteiger partial charge in [-0.3, -0.25) is 9.78 Å². The lowest BCUT2D eigenvalue weighted by Crippen LogP contribution is -2.19. The highest BCUT2D eigenvalue weighted by Crippen LogP contribution is 2.50. The molecule has 112 valence electrons. The Morgan fingerprint density at radius 2 is 2.14 bits per heavy atom. The number of nitrogens with zero attached hydrogens (tertiary/aromatic N) is 2. The van der Waals surface area contributed by atoms with Gasteiger partial charge in [0.25, 0.3) is 5.91 Å². The van der Waals surface area contributed by atoms with Crippen LogP contribution < -0.4 is 5.43 Å². The minimum Gasteiger partial charge on any atom is -0.396 e. The minimum absolute atomic E-state index is 0.215. The second-order valence-corrected chi connectivity index (χ2v) is 6.06. The van der Waals surface area contributed by atoms with Gasteiger partial charge in [0.05, 0.1) is 0 Å². The average Bonchev–Trinajstić information content (AvgIpc) is 3.11. The number of hydrogen-bond acceptors (Lipinski definition) is 4. The van der Waals surface area contributed by atoms with E-state index in [1.54, 1.807) is 24.5 Å². The summed E-state index contributed by atoms with van der Waals surface area (Å²) in [6.45, 7) is 0.273. The summed E-state index contributed by atoms with van der Waals surface area (Å²) < 4.78 is 0. The first-order valence-electron chi connectivity index (χ1n) is 7.64. The SMILES string of the molecule is O=C(N/N=C/[C@@H]1C[C@H](CO)C2CCC[C@@H]21)c1ccncc1. The van der Waals surface area contributed by atoms with Crippen molar-refractivity contribution < 1.29 is 9.90 Å². The number of aliphatic hydroxyl groups excluding tert-OH is 1.